The highest BCUT2D eigenvalue weighted by Gasteiger charge is 2.24. The summed E-state index contributed by atoms with van der Waals surface area (Å²) in [7, 11) is -3.37. The summed E-state index contributed by atoms with van der Waals surface area (Å²) in [6, 6.07) is 8.55. The predicted octanol–water partition coefficient (Wildman–Crippen LogP) is 1.55. The van der Waals surface area contributed by atoms with Gasteiger partial charge in [-0.05, 0) is 37.5 Å². The van der Waals surface area contributed by atoms with Crippen molar-refractivity contribution < 1.29 is 13.2 Å². The second-order valence-corrected chi connectivity index (χ2v) is 6.84. The van der Waals surface area contributed by atoms with E-state index in [0.717, 1.165) is 0 Å². The van der Waals surface area contributed by atoms with Gasteiger partial charge in [-0.2, -0.15) is 5.26 Å². The fraction of sp³-hybridized carbons (Fsp3) is 0.500. The molecule has 108 valence electrons. The Morgan fingerprint density at radius 2 is 2.10 bits per heavy atom. The van der Waals surface area contributed by atoms with E-state index in [9.17, 15) is 8.42 Å². The first-order chi connectivity index (χ1) is 9.48. The average molecular weight is 294 g/mol. The van der Waals surface area contributed by atoms with Crippen molar-refractivity contribution in [2.24, 2.45) is 0 Å². The molecule has 0 radical (unpaired) electrons. The summed E-state index contributed by atoms with van der Waals surface area (Å²) in [4.78, 5) is 0. The van der Waals surface area contributed by atoms with Crippen LogP contribution in [0.2, 0.25) is 0 Å². The van der Waals surface area contributed by atoms with Crippen LogP contribution < -0.4 is 4.72 Å². The van der Waals surface area contributed by atoms with E-state index in [2.05, 4.69) is 4.72 Å². The molecule has 1 aromatic rings. The van der Waals surface area contributed by atoms with Crippen molar-refractivity contribution in [3.8, 4) is 6.07 Å². The Labute approximate surface area is 119 Å². The predicted molar refractivity (Wildman–Crippen MR) is 75.4 cm³/mol. The summed E-state index contributed by atoms with van der Waals surface area (Å²) in [5.41, 5.74) is 1.20. The topological polar surface area (TPSA) is 79.2 Å². The van der Waals surface area contributed by atoms with Crippen LogP contribution in [-0.4, -0.2) is 27.2 Å². The third-order valence-electron chi connectivity index (χ3n) is 3.27. The second-order valence-electron chi connectivity index (χ2n) is 5.09. The number of hydrogen-bond acceptors (Lipinski definition) is 4. The first-order valence-electron chi connectivity index (χ1n) is 6.59. The van der Waals surface area contributed by atoms with Gasteiger partial charge in [-0.15, -0.1) is 0 Å². The van der Waals surface area contributed by atoms with Crippen LogP contribution in [0.25, 0.3) is 0 Å². The number of nitriles is 1. The molecule has 5 nitrogen and oxygen atoms in total. The zero-order chi connectivity index (χ0) is 14.6. The smallest absolute Gasteiger partial charge is 0.216 e. The molecule has 1 heterocycles. The molecule has 0 bridgehead atoms. The lowest BCUT2D eigenvalue weighted by Crippen LogP contribution is -2.41. The van der Waals surface area contributed by atoms with Crippen molar-refractivity contribution in [3.63, 3.8) is 0 Å². The summed E-state index contributed by atoms with van der Waals surface area (Å²) in [5.74, 6) is -0.0650. The molecule has 0 amide bonds. The van der Waals surface area contributed by atoms with Gasteiger partial charge in [0.25, 0.3) is 0 Å². The second kappa shape index (κ2) is 6.35. The SMILES string of the molecule is CC1CC(NS(=O)(=O)Cc2ccc(C#N)cc2)CCO1. The van der Waals surface area contributed by atoms with Gasteiger partial charge in [0.15, 0.2) is 0 Å². The lowest BCUT2D eigenvalue weighted by atomic mass is 10.1. The molecule has 0 aromatic heterocycles. The van der Waals surface area contributed by atoms with Gasteiger partial charge >= 0.3 is 0 Å². The Morgan fingerprint density at radius 1 is 1.40 bits per heavy atom. The van der Waals surface area contributed by atoms with Crippen LogP contribution in [0.1, 0.15) is 30.9 Å². The maximum Gasteiger partial charge on any atom is 0.216 e. The molecule has 2 unspecified atom stereocenters. The molecule has 1 saturated heterocycles. The van der Waals surface area contributed by atoms with E-state index in [0.29, 0.717) is 30.6 Å². The number of ether oxygens (including phenoxy) is 1. The molecular weight excluding hydrogens is 276 g/mol. The van der Waals surface area contributed by atoms with E-state index in [1.807, 2.05) is 13.0 Å². The maximum absolute atomic E-state index is 12.1. The molecule has 0 spiro atoms. The number of sulfonamides is 1. The molecule has 20 heavy (non-hydrogen) atoms. The summed E-state index contributed by atoms with van der Waals surface area (Å²) in [6.45, 7) is 2.53. The fourth-order valence-corrected chi connectivity index (χ4v) is 3.73. The quantitative estimate of drug-likeness (QED) is 0.913. The third kappa shape index (κ3) is 4.30. The monoisotopic (exact) mass is 294 g/mol. The van der Waals surface area contributed by atoms with Crippen molar-refractivity contribution in [3.05, 3.63) is 35.4 Å². The zero-order valence-electron chi connectivity index (χ0n) is 11.4. The summed E-state index contributed by atoms with van der Waals surface area (Å²) >= 11 is 0. The highest BCUT2D eigenvalue weighted by Crippen LogP contribution is 2.15. The highest BCUT2D eigenvalue weighted by atomic mass is 32.2. The van der Waals surface area contributed by atoms with Gasteiger partial charge in [-0.1, -0.05) is 12.1 Å². The van der Waals surface area contributed by atoms with Crippen molar-refractivity contribution in [1.82, 2.24) is 4.72 Å². The van der Waals surface area contributed by atoms with Gasteiger partial charge in [0.05, 0.1) is 23.5 Å². The number of nitrogens with zero attached hydrogens (tertiary/aromatic N) is 1. The minimum Gasteiger partial charge on any atom is -0.378 e. The largest absolute Gasteiger partial charge is 0.378 e. The normalized spacial score (nSPS) is 23.2. The molecule has 6 heteroatoms. The van der Waals surface area contributed by atoms with Crippen LogP contribution in [0, 0.1) is 11.3 Å². The number of nitrogens with one attached hydrogen (secondary N) is 1. The molecule has 1 aromatic carbocycles. The molecular formula is C14H18N2O3S. The summed E-state index contributed by atoms with van der Waals surface area (Å²) in [5, 5.41) is 8.71. The lowest BCUT2D eigenvalue weighted by molar-refractivity contribution is 0.0173. The molecule has 1 aliphatic heterocycles. The van der Waals surface area contributed by atoms with Crippen LogP contribution in [0.15, 0.2) is 24.3 Å². The van der Waals surface area contributed by atoms with Crippen molar-refractivity contribution in [1.29, 1.82) is 5.26 Å². The van der Waals surface area contributed by atoms with Gasteiger partial charge in [-0.25, -0.2) is 13.1 Å². The summed E-state index contributed by atoms with van der Waals surface area (Å²) in [6.07, 6.45) is 1.50. The maximum atomic E-state index is 12.1. The molecule has 1 N–H and O–H groups in total. The van der Waals surface area contributed by atoms with Gasteiger partial charge in [0, 0.05) is 12.6 Å². The number of benzene rings is 1. The third-order valence-corrected chi connectivity index (χ3v) is 4.68. The Kier molecular flexibility index (Phi) is 4.76. The van der Waals surface area contributed by atoms with E-state index < -0.39 is 10.0 Å². The minimum absolute atomic E-state index is 0.0536. The summed E-state index contributed by atoms with van der Waals surface area (Å²) < 4.78 is 32.4. The van der Waals surface area contributed by atoms with E-state index >= 15 is 0 Å². The fourth-order valence-electron chi connectivity index (χ4n) is 2.30. The van der Waals surface area contributed by atoms with Gasteiger partial charge in [0.2, 0.25) is 10.0 Å². The van der Waals surface area contributed by atoms with Crippen molar-refractivity contribution in [2.75, 3.05) is 6.61 Å². The number of rotatable bonds is 4. The number of hydrogen-bond donors (Lipinski definition) is 1. The molecule has 1 aliphatic rings. The van der Waals surface area contributed by atoms with Gasteiger partial charge in [-0.3, -0.25) is 0 Å². The van der Waals surface area contributed by atoms with Crippen LogP contribution in [0.5, 0.6) is 0 Å². The molecule has 0 aliphatic carbocycles. The Morgan fingerprint density at radius 3 is 2.70 bits per heavy atom. The van der Waals surface area contributed by atoms with Crippen LogP contribution in [-0.2, 0) is 20.5 Å². The van der Waals surface area contributed by atoms with Crippen molar-refractivity contribution >= 4 is 10.0 Å². The average Bonchev–Trinajstić information content (AvgIpc) is 2.38. The van der Waals surface area contributed by atoms with Crippen LogP contribution in [0.3, 0.4) is 0 Å². The zero-order valence-corrected chi connectivity index (χ0v) is 12.2. The van der Waals surface area contributed by atoms with Crippen molar-refractivity contribution in [2.45, 2.75) is 37.7 Å². The molecule has 2 atom stereocenters. The molecule has 0 saturated carbocycles. The first kappa shape index (κ1) is 15.0. The minimum atomic E-state index is -3.37. The highest BCUT2D eigenvalue weighted by molar-refractivity contribution is 7.88. The lowest BCUT2D eigenvalue weighted by Gasteiger charge is -2.27. The first-order valence-corrected chi connectivity index (χ1v) is 8.24. The van der Waals surface area contributed by atoms with E-state index in [1.54, 1.807) is 24.3 Å². The molecule has 1 fully saturated rings. The Bertz CT molecular complexity index is 590. The van der Waals surface area contributed by atoms with Gasteiger partial charge in [0.1, 0.15) is 0 Å². The van der Waals surface area contributed by atoms with Crippen LogP contribution in [0.4, 0.5) is 0 Å². The van der Waals surface area contributed by atoms with E-state index in [-0.39, 0.29) is 17.9 Å². The van der Waals surface area contributed by atoms with E-state index in [4.69, 9.17) is 10.00 Å². The Balaban J connectivity index is 1.98. The Hall–Kier alpha value is -1.42. The van der Waals surface area contributed by atoms with Gasteiger partial charge < -0.3 is 4.74 Å². The molecule has 2 rings (SSSR count). The van der Waals surface area contributed by atoms with E-state index in [1.165, 1.54) is 0 Å². The van der Waals surface area contributed by atoms with Crippen LogP contribution >= 0.6 is 0 Å². The standard InChI is InChI=1S/C14H18N2O3S/c1-11-8-14(6-7-19-11)16-20(17,18)10-13-4-2-12(9-15)3-5-13/h2-5,11,14,16H,6-8,10H2,1H3.